The summed E-state index contributed by atoms with van der Waals surface area (Å²) in [5.74, 6) is -1.16. The summed E-state index contributed by atoms with van der Waals surface area (Å²) in [4.78, 5) is 12.9. The summed E-state index contributed by atoms with van der Waals surface area (Å²) in [7, 11) is -3.39. The minimum absolute atomic E-state index is 0.0521. The number of piperidine rings is 1. The zero-order valence-corrected chi connectivity index (χ0v) is 21.0. The lowest BCUT2D eigenvalue weighted by Gasteiger charge is -2.26. The molecule has 1 N–H and O–H groups in total. The van der Waals surface area contributed by atoms with E-state index in [1.807, 2.05) is 12.1 Å². The molecule has 1 fully saturated rings. The van der Waals surface area contributed by atoms with Gasteiger partial charge in [-0.05, 0) is 80.0 Å². The van der Waals surface area contributed by atoms with Gasteiger partial charge in [-0.3, -0.25) is 4.79 Å². The van der Waals surface area contributed by atoms with E-state index in [1.54, 1.807) is 19.9 Å². The largest absolute Gasteiger partial charge is 0.466 e. The predicted octanol–water partition coefficient (Wildman–Crippen LogP) is 5.31. The third-order valence-electron chi connectivity index (χ3n) is 6.56. The topological polar surface area (TPSA) is 72.5 Å². The van der Waals surface area contributed by atoms with Crippen molar-refractivity contribution in [3.8, 4) is 11.1 Å². The van der Waals surface area contributed by atoms with Crippen LogP contribution < -0.4 is 5.32 Å². The van der Waals surface area contributed by atoms with Crippen LogP contribution in [-0.4, -0.2) is 45.6 Å². The molecule has 1 saturated heterocycles. The van der Waals surface area contributed by atoms with E-state index in [-0.39, 0.29) is 18.9 Å². The van der Waals surface area contributed by atoms with Crippen LogP contribution in [0.4, 0.5) is 13.2 Å². The van der Waals surface area contributed by atoms with E-state index in [2.05, 4.69) is 5.32 Å². The van der Waals surface area contributed by atoms with Crippen molar-refractivity contribution in [2.75, 3.05) is 26.0 Å². The molecule has 35 heavy (non-hydrogen) atoms. The van der Waals surface area contributed by atoms with Gasteiger partial charge in [0.2, 0.25) is 0 Å². The van der Waals surface area contributed by atoms with Gasteiger partial charge in [-0.1, -0.05) is 30.3 Å². The van der Waals surface area contributed by atoms with E-state index in [1.165, 1.54) is 12.1 Å². The normalized spacial score (nSPS) is 18.6. The molecule has 1 aliphatic heterocycles. The molecule has 0 bridgehead atoms. The van der Waals surface area contributed by atoms with Gasteiger partial charge in [0.1, 0.15) is 9.84 Å². The van der Waals surface area contributed by atoms with Gasteiger partial charge >= 0.3 is 12.1 Å². The molecule has 9 heteroatoms. The van der Waals surface area contributed by atoms with E-state index >= 15 is 0 Å². The van der Waals surface area contributed by atoms with Crippen LogP contribution in [0.1, 0.15) is 61.6 Å². The number of sulfone groups is 1. The summed E-state index contributed by atoms with van der Waals surface area (Å²) in [5.41, 5.74) is 2.10. The zero-order chi connectivity index (χ0) is 25.8. The van der Waals surface area contributed by atoms with Crippen LogP contribution in [0, 0.1) is 0 Å². The third-order valence-corrected chi connectivity index (χ3v) is 8.22. The van der Waals surface area contributed by atoms with Gasteiger partial charge in [0.05, 0.1) is 23.3 Å². The Morgan fingerprint density at radius 3 is 2.37 bits per heavy atom. The number of hydrogen-bond donors (Lipinski definition) is 1. The van der Waals surface area contributed by atoms with Gasteiger partial charge < -0.3 is 10.1 Å². The minimum Gasteiger partial charge on any atom is -0.466 e. The van der Waals surface area contributed by atoms with E-state index in [4.69, 9.17) is 4.74 Å². The highest BCUT2D eigenvalue weighted by molar-refractivity contribution is 7.91. The van der Waals surface area contributed by atoms with Crippen molar-refractivity contribution >= 4 is 15.8 Å². The van der Waals surface area contributed by atoms with Gasteiger partial charge in [-0.15, -0.1) is 0 Å². The Morgan fingerprint density at radius 2 is 1.83 bits per heavy atom. The molecule has 0 radical (unpaired) electrons. The summed E-state index contributed by atoms with van der Waals surface area (Å²) in [6, 6.07) is 10.6. The van der Waals surface area contributed by atoms with Crippen LogP contribution in [0.5, 0.6) is 0 Å². The summed E-state index contributed by atoms with van der Waals surface area (Å²) in [6.45, 7) is 5.07. The van der Waals surface area contributed by atoms with Gasteiger partial charge in [-0.2, -0.15) is 13.2 Å². The summed E-state index contributed by atoms with van der Waals surface area (Å²) in [6.07, 6.45) is -1.33. The van der Waals surface area contributed by atoms with Crippen molar-refractivity contribution in [3.05, 3.63) is 59.2 Å². The SMILES string of the molecule is CCOC(=O)C(CC(C)S(C)(=O)=O)c1cc(-c2ccc(C(F)(F)F)cc2)cc(C2CCCNC2)c1. The van der Waals surface area contributed by atoms with E-state index in [0.717, 1.165) is 49.9 Å². The van der Waals surface area contributed by atoms with Crippen LogP contribution in [0.15, 0.2) is 42.5 Å². The second-order valence-corrected chi connectivity index (χ2v) is 11.7. The van der Waals surface area contributed by atoms with E-state index in [9.17, 15) is 26.4 Å². The Morgan fingerprint density at radius 1 is 1.14 bits per heavy atom. The molecule has 1 aliphatic rings. The molecule has 2 aromatic rings. The average molecular weight is 512 g/mol. The van der Waals surface area contributed by atoms with Gasteiger partial charge in [0, 0.05) is 12.8 Å². The fourth-order valence-corrected chi connectivity index (χ4v) is 4.93. The number of hydrogen-bond acceptors (Lipinski definition) is 5. The molecule has 0 saturated carbocycles. The minimum atomic E-state index is -4.43. The lowest BCUT2D eigenvalue weighted by Crippen LogP contribution is -2.29. The predicted molar refractivity (Wildman–Crippen MR) is 130 cm³/mol. The van der Waals surface area contributed by atoms with Gasteiger partial charge in [0.15, 0.2) is 0 Å². The number of esters is 1. The van der Waals surface area contributed by atoms with Gasteiger partial charge in [0.25, 0.3) is 0 Å². The van der Waals surface area contributed by atoms with E-state index < -0.39 is 38.7 Å². The number of benzene rings is 2. The Labute approximate surface area is 205 Å². The number of carbonyl (C=O) groups excluding carboxylic acids is 1. The molecule has 5 nitrogen and oxygen atoms in total. The quantitative estimate of drug-likeness (QED) is 0.487. The monoisotopic (exact) mass is 511 g/mol. The maximum absolute atomic E-state index is 13.1. The van der Waals surface area contributed by atoms with Crippen molar-refractivity contribution in [1.82, 2.24) is 5.32 Å². The van der Waals surface area contributed by atoms with Crippen molar-refractivity contribution < 1.29 is 31.1 Å². The Balaban J connectivity index is 2.10. The highest BCUT2D eigenvalue weighted by atomic mass is 32.2. The molecule has 0 aromatic heterocycles. The molecule has 0 amide bonds. The molecule has 3 unspecified atom stereocenters. The van der Waals surface area contributed by atoms with Crippen LogP contribution in [0.25, 0.3) is 11.1 Å². The number of rotatable bonds is 8. The molecule has 2 aromatic carbocycles. The fraction of sp³-hybridized carbons (Fsp3) is 0.500. The maximum atomic E-state index is 13.1. The molecule has 0 spiro atoms. The summed E-state index contributed by atoms with van der Waals surface area (Å²) >= 11 is 0. The molecule has 3 rings (SSSR count). The maximum Gasteiger partial charge on any atom is 0.416 e. The zero-order valence-electron chi connectivity index (χ0n) is 20.2. The van der Waals surface area contributed by atoms with Crippen molar-refractivity contribution in [3.63, 3.8) is 0 Å². The molecular weight excluding hydrogens is 479 g/mol. The van der Waals surface area contributed by atoms with Crippen LogP contribution in [0.3, 0.4) is 0 Å². The molecule has 192 valence electrons. The van der Waals surface area contributed by atoms with Crippen LogP contribution in [0.2, 0.25) is 0 Å². The lowest BCUT2D eigenvalue weighted by molar-refractivity contribution is -0.145. The Hall–Kier alpha value is -2.39. The fourth-order valence-electron chi connectivity index (χ4n) is 4.39. The van der Waals surface area contributed by atoms with Crippen molar-refractivity contribution in [2.45, 2.75) is 56.4 Å². The Bertz CT molecular complexity index is 1120. The Kier molecular flexibility index (Phi) is 8.64. The number of ether oxygens (including phenoxy) is 1. The molecule has 0 aliphatic carbocycles. The average Bonchev–Trinajstić information content (AvgIpc) is 2.81. The first-order valence-corrected chi connectivity index (χ1v) is 13.7. The number of nitrogens with one attached hydrogen (secondary N) is 1. The second-order valence-electron chi connectivity index (χ2n) is 9.19. The molecule has 3 atom stereocenters. The number of alkyl halides is 3. The first-order chi connectivity index (χ1) is 16.4. The van der Waals surface area contributed by atoms with E-state index in [0.29, 0.717) is 16.7 Å². The lowest BCUT2D eigenvalue weighted by atomic mass is 9.84. The van der Waals surface area contributed by atoms with Crippen LogP contribution >= 0.6 is 0 Å². The molecule has 1 heterocycles. The second kappa shape index (κ2) is 11.1. The highest BCUT2D eigenvalue weighted by Gasteiger charge is 2.31. The van der Waals surface area contributed by atoms with Crippen LogP contribution in [-0.2, 0) is 25.5 Å². The summed E-state index contributed by atoms with van der Waals surface area (Å²) < 4.78 is 68.8. The van der Waals surface area contributed by atoms with Crippen molar-refractivity contribution in [1.29, 1.82) is 0 Å². The van der Waals surface area contributed by atoms with Gasteiger partial charge in [-0.25, -0.2) is 8.42 Å². The first kappa shape index (κ1) is 27.2. The number of carbonyl (C=O) groups is 1. The first-order valence-electron chi connectivity index (χ1n) is 11.8. The highest BCUT2D eigenvalue weighted by Crippen LogP contribution is 2.36. The van der Waals surface area contributed by atoms with Crippen molar-refractivity contribution in [2.24, 2.45) is 0 Å². The molecular formula is C26H32F3NO4S. The summed E-state index contributed by atoms with van der Waals surface area (Å²) in [5, 5.41) is 2.59. The number of halogens is 3. The smallest absolute Gasteiger partial charge is 0.416 e. The third kappa shape index (κ3) is 7.07. The standard InChI is InChI=1S/C26H32F3NO4S/c1-4-34-25(31)24(12-17(2)35(3,32)33)22-14-20(13-21(15-22)19-6-5-11-30-16-19)18-7-9-23(10-8-18)26(27,28)29/h7-10,13-15,17,19,24,30H,4-6,11-12,16H2,1-3H3.